The number of tetrazole rings is 1. The number of carbonyl (C=O) groups excluding carboxylic acids is 1. The third kappa shape index (κ3) is 4.74. The molecule has 3 rings (SSSR count). The van der Waals surface area contributed by atoms with Crippen molar-refractivity contribution in [2.45, 2.75) is 38.3 Å². The molecule has 6 nitrogen and oxygen atoms in total. The lowest BCUT2D eigenvalue weighted by atomic mass is 9.99. The molecule has 27 heavy (non-hydrogen) atoms. The molecule has 0 aliphatic carbocycles. The third-order valence-corrected chi connectivity index (χ3v) is 5.41. The summed E-state index contributed by atoms with van der Waals surface area (Å²) in [5.41, 5.74) is 4.05. The van der Waals surface area contributed by atoms with E-state index in [1.165, 1.54) is 17.3 Å². The van der Waals surface area contributed by atoms with Crippen LogP contribution in [0.3, 0.4) is 0 Å². The van der Waals surface area contributed by atoms with Crippen molar-refractivity contribution in [2.75, 3.05) is 11.1 Å². The average Bonchev–Trinajstić information content (AvgIpc) is 3.15. The van der Waals surface area contributed by atoms with Gasteiger partial charge < -0.3 is 5.32 Å². The maximum Gasteiger partial charge on any atom is 0.234 e. The Morgan fingerprint density at radius 1 is 1.19 bits per heavy atom. The minimum absolute atomic E-state index is 0.0874. The quantitative estimate of drug-likeness (QED) is 0.621. The van der Waals surface area contributed by atoms with Gasteiger partial charge in [-0.3, -0.25) is 4.79 Å². The molecule has 7 heteroatoms. The highest BCUT2D eigenvalue weighted by molar-refractivity contribution is 7.99. The summed E-state index contributed by atoms with van der Waals surface area (Å²) in [6, 6.07) is 15.9. The van der Waals surface area contributed by atoms with Crippen molar-refractivity contribution in [3.8, 4) is 5.69 Å². The van der Waals surface area contributed by atoms with Crippen molar-refractivity contribution in [3.63, 3.8) is 0 Å². The minimum atomic E-state index is -0.0874. The van der Waals surface area contributed by atoms with Crippen LogP contribution in [-0.4, -0.2) is 31.9 Å². The van der Waals surface area contributed by atoms with E-state index in [1.807, 2.05) is 43.3 Å². The predicted octanol–water partition coefficient (Wildman–Crippen LogP) is 4.22. The van der Waals surface area contributed by atoms with Crippen LogP contribution in [0.4, 0.5) is 5.69 Å². The van der Waals surface area contributed by atoms with Crippen molar-refractivity contribution in [3.05, 3.63) is 59.7 Å². The molecular weight excluding hydrogens is 358 g/mol. The second-order valence-electron chi connectivity index (χ2n) is 6.43. The summed E-state index contributed by atoms with van der Waals surface area (Å²) in [4.78, 5) is 12.3. The SMILES string of the molecule is CC[C@H](C)c1ccc(NC(=O)CSc2nnnn2-c2ccccc2C)cc1. The molecule has 0 radical (unpaired) electrons. The number of hydrogen-bond donors (Lipinski definition) is 1. The molecule has 0 bridgehead atoms. The van der Waals surface area contributed by atoms with E-state index in [9.17, 15) is 4.79 Å². The number of nitrogens with one attached hydrogen (secondary N) is 1. The fourth-order valence-corrected chi connectivity index (χ4v) is 3.36. The molecule has 0 fully saturated rings. The molecule has 2 aromatic carbocycles. The van der Waals surface area contributed by atoms with E-state index >= 15 is 0 Å². The number of anilines is 1. The smallest absolute Gasteiger partial charge is 0.234 e. The molecule has 0 aliphatic heterocycles. The first-order chi connectivity index (χ1) is 13.1. The number of benzene rings is 2. The van der Waals surface area contributed by atoms with Crippen molar-refractivity contribution in [1.29, 1.82) is 0 Å². The van der Waals surface area contributed by atoms with Gasteiger partial charge in [0.2, 0.25) is 11.1 Å². The third-order valence-electron chi connectivity index (χ3n) is 4.49. The molecular formula is C20H23N5OS. The van der Waals surface area contributed by atoms with E-state index < -0.39 is 0 Å². The number of rotatable bonds is 7. The van der Waals surface area contributed by atoms with Crippen molar-refractivity contribution < 1.29 is 4.79 Å². The van der Waals surface area contributed by atoms with Crippen LogP contribution in [0.5, 0.6) is 0 Å². The van der Waals surface area contributed by atoms with Crippen LogP contribution in [0.2, 0.25) is 0 Å². The number of nitrogens with zero attached hydrogens (tertiary/aromatic N) is 4. The highest BCUT2D eigenvalue weighted by Crippen LogP contribution is 2.22. The molecule has 3 aromatic rings. The Bertz CT molecular complexity index is 907. The second kappa shape index (κ2) is 8.81. The van der Waals surface area contributed by atoms with Gasteiger partial charge in [-0.1, -0.05) is 55.9 Å². The first-order valence-electron chi connectivity index (χ1n) is 8.95. The van der Waals surface area contributed by atoms with Gasteiger partial charge >= 0.3 is 0 Å². The molecule has 0 unspecified atom stereocenters. The Kier molecular flexibility index (Phi) is 6.24. The molecule has 1 amide bonds. The van der Waals surface area contributed by atoms with Crippen molar-refractivity contribution >= 4 is 23.4 Å². The van der Waals surface area contributed by atoms with Gasteiger partial charge in [0.1, 0.15) is 0 Å². The fraction of sp³-hybridized carbons (Fsp3) is 0.300. The second-order valence-corrected chi connectivity index (χ2v) is 7.37. The lowest BCUT2D eigenvalue weighted by molar-refractivity contribution is -0.113. The van der Waals surface area contributed by atoms with Crippen LogP contribution in [0, 0.1) is 6.92 Å². The van der Waals surface area contributed by atoms with E-state index in [4.69, 9.17) is 0 Å². The predicted molar refractivity (Wildman–Crippen MR) is 108 cm³/mol. The number of carbonyl (C=O) groups is 1. The summed E-state index contributed by atoms with van der Waals surface area (Å²) < 4.78 is 1.66. The first-order valence-corrected chi connectivity index (χ1v) is 9.94. The van der Waals surface area contributed by atoms with Gasteiger partial charge in [0.05, 0.1) is 11.4 Å². The maximum atomic E-state index is 12.3. The van der Waals surface area contributed by atoms with E-state index in [0.29, 0.717) is 11.1 Å². The zero-order valence-corrected chi connectivity index (χ0v) is 16.5. The van der Waals surface area contributed by atoms with E-state index in [0.717, 1.165) is 23.4 Å². The summed E-state index contributed by atoms with van der Waals surface area (Å²) in [6.07, 6.45) is 1.10. The zero-order valence-electron chi connectivity index (χ0n) is 15.7. The molecule has 0 saturated carbocycles. The summed E-state index contributed by atoms with van der Waals surface area (Å²) >= 11 is 1.31. The summed E-state index contributed by atoms with van der Waals surface area (Å²) in [7, 11) is 0. The topological polar surface area (TPSA) is 72.7 Å². The highest BCUT2D eigenvalue weighted by Gasteiger charge is 2.13. The highest BCUT2D eigenvalue weighted by atomic mass is 32.2. The number of aryl methyl sites for hydroxylation is 1. The van der Waals surface area contributed by atoms with Gasteiger partial charge in [-0.05, 0) is 59.0 Å². The number of amides is 1. The van der Waals surface area contributed by atoms with Crippen LogP contribution < -0.4 is 5.32 Å². The Labute approximate surface area is 163 Å². The van der Waals surface area contributed by atoms with E-state index in [1.54, 1.807) is 4.68 Å². The van der Waals surface area contributed by atoms with E-state index in [-0.39, 0.29) is 11.7 Å². The van der Waals surface area contributed by atoms with Gasteiger partial charge in [0.15, 0.2) is 0 Å². The lowest BCUT2D eigenvalue weighted by Gasteiger charge is -2.10. The first kappa shape index (κ1) is 19.1. The molecule has 0 aliphatic rings. The van der Waals surface area contributed by atoms with Crippen LogP contribution >= 0.6 is 11.8 Å². The molecule has 1 aromatic heterocycles. The minimum Gasteiger partial charge on any atom is -0.325 e. The van der Waals surface area contributed by atoms with Crippen molar-refractivity contribution in [2.24, 2.45) is 0 Å². The van der Waals surface area contributed by atoms with Crippen LogP contribution in [0.1, 0.15) is 37.3 Å². The fourth-order valence-electron chi connectivity index (χ4n) is 2.68. The monoisotopic (exact) mass is 381 g/mol. The lowest BCUT2D eigenvalue weighted by Crippen LogP contribution is -2.14. The van der Waals surface area contributed by atoms with Crippen LogP contribution in [-0.2, 0) is 4.79 Å². The Morgan fingerprint density at radius 3 is 2.63 bits per heavy atom. The number of aromatic nitrogens is 4. The van der Waals surface area contributed by atoms with Gasteiger partial charge in [-0.25, -0.2) is 0 Å². The normalized spacial score (nSPS) is 12.0. The number of hydrogen-bond acceptors (Lipinski definition) is 5. The average molecular weight is 382 g/mol. The largest absolute Gasteiger partial charge is 0.325 e. The van der Waals surface area contributed by atoms with Crippen LogP contribution in [0.25, 0.3) is 5.69 Å². The molecule has 0 saturated heterocycles. The van der Waals surface area contributed by atoms with E-state index in [2.05, 4.69) is 46.8 Å². The molecule has 140 valence electrons. The molecule has 1 atom stereocenters. The summed E-state index contributed by atoms with van der Waals surface area (Å²) in [5, 5.41) is 15.3. The molecule has 1 N–H and O–H groups in total. The maximum absolute atomic E-state index is 12.3. The number of thioether (sulfide) groups is 1. The molecule has 1 heterocycles. The Balaban J connectivity index is 1.61. The summed E-state index contributed by atoms with van der Waals surface area (Å²) in [6.45, 7) is 6.37. The van der Waals surface area contributed by atoms with Gasteiger partial charge in [-0.15, -0.1) is 5.10 Å². The van der Waals surface area contributed by atoms with Crippen molar-refractivity contribution in [1.82, 2.24) is 20.2 Å². The Morgan fingerprint density at radius 2 is 1.93 bits per heavy atom. The van der Waals surface area contributed by atoms with Gasteiger partial charge in [0, 0.05) is 5.69 Å². The zero-order chi connectivity index (χ0) is 19.2. The Hall–Kier alpha value is -2.67. The number of para-hydroxylation sites is 1. The van der Waals surface area contributed by atoms with Crippen LogP contribution in [0.15, 0.2) is 53.7 Å². The summed E-state index contributed by atoms with van der Waals surface area (Å²) in [5.74, 6) is 0.667. The standard InChI is InChI=1S/C20H23N5OS/c1-4-14(2)16-9-11-17(12-10-16)21-19(26)13-27-20-22-23-24-25(20)18-8-6-5-7-15(18)3/h5-12,14H,4,13H2,1-3H3,(H,21,26)/t14-/m0/s1. The van der Waals surface area contributed by atoms with Gasteiger partial charge in [0.25, 0.3) is 0 Å². The van der Waals surface area contributed by atoms with Gasteiger partial charge in [-0.2, -0.15) is 4.68 Å². The molecule has 0 spiro atoms.